The number of unbranched alkanes of at least 4 members (excludes halogenated alkanes) is 25. The van der Waals surface area contributed by atoms with Gasteiger partial charge in [0.05, 0.1) is 26.4 Å². The van der Waals surface area contributed by atoms with Crippen LogP contribution in [0.2, 0.25) is 0 Å². The van der Waals surface area contributed by atoms with Crippen molar-refractivity contribution in [3.8, 4) is 0 Å². The molecule has 6 atom stereocenters. The Kier molecular flexibility index (Phi) is 52.0. The summed E-state index contributed by atoms with van der Waals surface area (Å²) in [6.45, 7) is 13.9. The summed E-state index contributed by atoms with van der Waals surface area (Å²) in [4.78, 5) is 72.1. The molecule has 3 N–H and O–H groups in total. The lowest BCUT2D eigenvalue weighted by molar-refractivity contribution is -0.161. The second kappa shape index (κ2) is 53.3. The minimum absolute atomic E-state index is 0.101. The molecule has 0 saturated heterocycles. The van der Waals surface area contributed by atoms with Crippen molar-refractivity contribution in [1.82, 2.24) is 0 Å². The molecule has 0 rings (SSSR count). The Morgan fingerprint density at radius 3 is 0.866 bits per heavy atom. The average Bonchev–Trinajstić information content (AvgIpc) is 3.44. The molecule has 0 heterocycles. The molecule has 0 aromatic carbocycles. The van der Waals surface area contributed by atoms with Crippen LogP contribution in [0.25, 0.3) is 0 Å². The van der Waals surface area contributed by atoms with Gasteiger partial charge in [-0.25, -0.2) is 9.13 Å². The van der Waals surface area contributed by atoms with Crippen molar-refractivity contribution in [2.75, 3.05) is 39.6 Å². The zero-order valence-corrected chi connectivity index (χ0v) is 54.9. The van der Waals surface area contributed by atoms with E-state index in [9.17, 15) is 43.2 Å². The smallest absolute Gasteiger partial charge is 0.462 e. The molecule has 82 heavy (non-hydrogen) atoms. The topological polar surface area (TPSA) is 237 Å². The van der Waals surface area contributed by atoms with Gasteiger partial charge in [0, 0.05) is 25.7 Å². The van der Waals surface area contributed by atoms with Gasteiger partial charge >= 0.3 is 39.5 Å². The van der Waals surface area contributed by atoms with Crippen molar-refractivity contribution in [2.24, 2.45) is 23.7 Å². The third kappa shape index (κ3) is 55.9. The van der Waals surface area contributed by atoms with Crippen molar-refractivity contribution in [2.45, 2.75) is 318 Å². The maximum atomic E-state index is 13.0. The molecule has 486 valence electrons. The van der Waals surface area contributed by atoms with Crippen LogP contribution in [-0.2, 0) is 65.4 Å². The van der Waals surface area contributed by atoms with E-state index in [4.69, 9.17) is 37.0 Å². The monoisotopic (exact) mass is 1210 g/mol. The highest BCUT2D eigenvalue weighted by atomic mass is 31.2. The standard InChI is InChI=1S/C63H122O17P2/c1-9-56(8)42-34-26-20-22-28-36-44-61(66)74-50-58(79-62(67)45-37-29-18-12-10-11-15-23-31-39-53(2)3)51-77-81(69,70)75-47-57(64)48-76-82(71,72)78-52-59(80-63(68)46-38-30-21-19-25-33-41-55(6)7)49-73-60(65)43-35-27-17-14-13-16-24-32-40-54(4)5/h53-59,64H,9-52H2,1-8H3,(H,69,70)(H,71,72)/t56?,57?,58-,59-/m1/s1. The van der Waals surface area contributed by atoms with Gasteiger partial charge in [0.2, 0.25) is 0 Å². The minimum atomic E-state index is -4.94. The molecule has 0 aliphatic heterocycles. The van der Waals surface area contributed by atoms with Crippen molar-refractivity contribution in [1.29, 1.82) is 0 Å². The van der Waals surface area contributed by atoms with E-state index in [1.54, 1.807) is 0 Å². The van der Waals surface area contributed by atoms with Crippen LogP contribution in [0.15, 0.2) is 0 Å². The number of phosphoric acid groups is 2. The van der Waals surface area contributed by atoms with Crippen molar-refractivity contribution in [3.63, 3.8) is 0 Å². The van der Waals surface area contributed by atoms with Gasteiger partial charge in [-0.05, 0) is 49.4 Å². The van der Waals surface area contributed by atoms with Gasteiger partial charge in [-0.3, -0.25) is 37.3 Å². The first-order valence-electron chi connectivity index (χ1n) is 32.7. The highest BCUT2D eigenvalue weighted by Gasteiger charge is 2.30. The molecule has 0 bridgehead atoms. The second-order valence-corrected chi connectivity index (χ2v) is 27.4. The molecule has 0 aromatic heterocycles. The highest BCUT2D eigenvalue weighted by molar-refractivity contribution is 7.47. The average molecular weight is 1210 g/mol. The van der Waals surface area contributed by atoms with Gasteiger partial charge in [-0.15, -0.1) is 0 Å². The van der Waals surface area contributed by atoms with Crippen LogP contribution in [-0.4, -0.2) is 96.7 Å². The number of aliphatic hydroxyl groups is 1. The van der Waals surface area contributed by atoms with Crippen LogP contribution >= 0.6 is 15.6 Å². The second-order valence-electron chi connectivity index (χ2n) is 24.5. The van der Waals surface area contributed by atoms with Gasteiger partial charge in [-0.2, -0.15) is 0 Å². The first-order valence-corrected chi connectivity index (χ1v) is 35.7. The molecule has 0 aliphatic carbocycles. The first-order chi connectivity index (χ1) is 39.1. The molecule has 0 radical (unpaired) electrons. The van der Waals surface area contributed by atoms with Crippen LogP contribution in [0.5, 0.6) is 0 Å². The number of esters is 4. The van der Waals surface area contributed by atoms with E-state index in [1.165, 1.54) is 96.3 Å². The molecule has 19 heteroatoms. The predicted molar refractivity (Wildman–Crippen MR) is 326 cm³/mol. The Labute approximate surface area is 498 Å². The molecule has 4 unspecified atom stereocenters. The van der Waals surface area contributed by atoms with E-state index in [1.807, 2.05) is 0 Å². The number of hydrogen-bond acceptors (Lipinski definition) is 15. The molecule has 0 saturated carbocycles. The van der Waals surface area contributed by atoms with Crippen molar-refractivity contribution < 1.29 is 80.2 Å². The van der Waals surface area contributed by atoms with E-state index in [2.05, 4.69) is 55.4 Å². The Morgan fingerprint density at radius 1 is 0.341 bits per heavy atom. The van der Waals surface area contributed by atoms with Gasteiger partial charge in [0.15, 0.2) is 12.2 Å². The fourth-order valence-electron chi connectivity index (χ4n) is 9.22. The lowest BCUT2D eigenvalue weighted by Crippen LogP contribution is -2.30. The number of ether oxygens (including phenoxy) is 4. The summed E-state index contributed by atoms with van der Waals surface area (Å²) in [7, 11) is -9.89. The summed E-state index contributed by atoms with van der Waals surface area (Å²) >= 11 is 0. The van der Waals surface area contributed by atoms with E-state index in [0.29, 0.717) is 31.6 Å². The summed E-state index contributed by atoms with van der Waals surface area (Å²) in [5.74, 6) is 0.718. The molecule has 0 fully saturated rings. The number of phosphoric ester groups is 2. The van der Waals surface area contributed by atoms with Gasteiger partial charge in [-0.1, -0.05) is 248 Å². The van der Waals surface area contributed by atoms with Crippen LogP contribution in [0, 0.1) is 23.7 Å². The van der Waals surface area contributed by atoms with Crippen molar-refractivity contribution >= 4 is 39.5 Å². The van der Waals surface area contributed by atoms with Gasteiger partial charge in [0.25, 0.3) is 0 Å². The Morgan fingerprint density at radius 2 is 0.585 bits per heavy atom. The number of aliphatic hydroxyl groups excluding tert-OH is 1. The van der Waals surface area contributed by atoms with E-state index >= 15 is 0 Å². The first kappa shape index (κ1) is 80.1. The predicted octanol–water partition coefficient (Wildman–Crippen LogP) is 17.0. The summed E-state index contributed by atoms with van der Waals surface area (Å²) in [5, 5.41) is 10.5. The maximum absolute atomic E-state index is 13.0. The number of hydrogen-bond donors (Lipinski definition) is 3. The molecule has 17 nitrogen and oxygen atoms in total. The number of carbonyl (C=O) groups is 4. The zero-order valence-electron chi connectivity index (χ0n) is 53.1. The van der Waals surface area contributed by atoms with Gasteiger partial charge < -0.3 is 33.8 Å². The Balaban J connectivity index is 5.25. The summed E-state index contributed by atoms with van der Waals surface area (Å²) in [6, 6.07) is 0. The number of rotatable bonds is 60. The summed E-state index contributed by atoms with van der Waals surface area (Å²) in [5.41, 5.74) is 0. The van der Waals surface area contributed by atoms with Crippen LogP contribution in [0.1, 0.15) is 299 Å². The SMILES string of the molecule is CCC(C)CCCCCCCCC(=O)OC[C@H](COP(=O)(O)OCC(O)COP(=O)(O)OC[C@@H](COC(=O)CCCCCCCCCCC(C)C)OC(=O)CCCCCCCCC(C)C)OC(=O)CCCCCCCCCCCC(C)C. The highest BCUT2D eigenvalue weighted by Crippen LogP contribution is 2.45. The Bertz CT molecular complexity index is 1650. The molecule has 0 aliphatic rings. The third-order valence-electron chi connectivity index (χ3n) is 14.7. The van der Waals surface area contributed by atoms with Crippen molar-refractivity contribution in [3.05, 3.63) is 0 Å². The van der Waals surface area contributed by atoms with E-state index < -0.39 is 97.5 Å². The lowest BCUT2D eigenvalue weighted by atomic mass is 10.00. The lowest BCUT2D eigenvalue weighted by Gasteiger charge is -2.21. The Hall–Kier alpha value is -1.94. The minimum Gasteiger partial charge on any atom is -0.462 e. The van der Waals surface area contributed by atoms with E-state index in [0.717, 1.165) is 114 Å². The summed E-state index contributed by atoms with van der Waals surface area (Å²) in [6.07, 6.45) is 32.3. The van der Waals surface area contributed by atoms with Crippen LogP contribution < -0.4 is 0 Å². The largest absolute Gasteiger partial charge is 0.472 e. The van der Waals surface area contributed by atoms with Gasteiger partial charge in [0.1, 0.15) is 19.3 Å². The molecular weight excluding hydrogens is 1090 g/mol. The normalized spacial score (nSPS) is 14.8. The third-order valence-corrected chi connectivity index (χ3v) is 16.6. The maximum Gasteiger partial charge on any atom is 0.472 e. The van der Waals surface area contributed by atoms with E-state index in [-0.39, 0.29) is 25.7 Å². The molecule has 0 amide bonds. The van der Waals surface area contributed by atoms with Crippen LogP contribution in [0.3, 0.4) is 0 Å². The summed E-state index contributed by atoms with van der Waals surface area (Å²) < 4.78 is 67.9. The fourth-order valence-corrected chi connectivity index (χ4v) is 10.8. The fraction of sp³-hybridized carbons (Fsp3) is 0.937. The zero-order chi connectivity index (χ0) is 61.1. The molecule has 0 spiro atoms. The molecule has 0 aromatic rings. The van der Waals surface area contributed by atoms with Crippen LogP contribution in [0.4, 0.5) is 0 Å². The molecular formula is C63H122O17P2. The number of carbonyl (C=O) groups excluding carboxylic acids is 4. The quantitative estimate of drug-likeness (QED) is 0.0222.